The van der Waals surface area contributed by atoms with Crippen LogP contribution in [0.3, 0.4) is 0 Å². The summed E-state index contributed by atoms with van der Waals surface area (Å²) in [5, 5.41) is 21.8. The third-order valence-corrected chi connectivity index (χ3v) is 2.69. The number of non-ortho nitro benzene ring substituents is 1. The molecule has 0 bridgehead atoms. The maximum Gasteiger partial charge on any atom is 0.326 e. The fourth-order valence-corrected chi connectivity index (χ4v) is 1.54. The molecular formula is C12H14N2O5. The lowest BCUT2D eigenvalue weighted by Gasteiger charge is -2.13. The Kier molecular flexibility index (Phi) is 4.57. The summed E-state index contributed by atoms with van der Waals surface area (Å²) in [6.07, 6.45) is 0.231. The number of aliphatic carboxylic acids is 1. The molecule has 1 aromatic rings. The molecule has 19 heavy (non-hydrogen) atoms. The molecule has 0 saturated carbocycles. The first-order chi connectivity index (χ1) is 8.86. The first-order valence-corrected chi connectivity index (χ1v) is 5.65. The van der Waals surface area contributed by atoms with Gasteiger partial charge in [0.05, 0.1) is 4.92 Å². The van der Waals surface area contributed by atoms with Crippen molar-refractivity contribution in [3.63, 3.8) is 0 Å². The van der Waals surface area contributed by atoms with Crippen molar-refractivity contribution >= 4 is 17.6 Å². The van der Waals surface area contributed by atoms with Gasteiger partial charge in [-0.1, -0.05) is 13.0 Å². The van der Waals surface area contributed by atoms with Gasteiger partial charge in [-0.05, 0) is 18.9 Å². The van der Waals surface area contributed by atoms with E-state index in [0.29, 0.717) is 5.56 Å². The zero-order chi connectivity index (χ0) is 14.6. The molecule has 1 rings (SSSR count). The number of aryl methyl sites for hydroxylation is 1. The Balaban J connectivity index is 3.02. The predicted molar refractivity (Wildman–Crippen MR) is 67.0 cm³/mol. The maximum atomic E-state index is 11.9. The monoisotopic (exact) mass is 266 g/mol. The van der Waals surface area contributed by atoms with Crippen LogP contribution < -0.4 is 5.32 Å². The molecule has 0 aromatic heterocycles. The molecule has 0 radical (unpaired) electrons. The zero-order valence-corrected chi connectivity index (χ0v) is 10.5. The van der Waals surface area contributed by atoms with Gasteiger partial charge in [0.15, 0.2) is 0 Å². The van der Waals surface area contributed by atoms with Gasteiger partial charge in [-0.25, -0.2) is 4.79 Å². The van der Waals surface area contributed by atoms with Crippen LogP contribution in [0.1, 0.15) is 29.3 Å². The molecule has 0 saturated heterocycles. The summed E-state index contributed by atoms with van der Waals surface area (Å²) in [6, 6.07) is 2.88. The maximum absolute atomic E-state index is 11.9. The summed E-state index contributed by atoms with van der Waals surface area (Å²) in [4.78, 5) is 32.8. The van der Waals surface area contributed by atoms with E-state index in [2.05, 4.69) is 5.32 Å². The number of hydrogen-bond donors (Lipinski definition) is 2. The second-order valence-electron chi connectivity index (χ2n) is 4.03. The number of carboxylic acids is 1. The van der Waals surface area contributed by atoms with E-state index in [4.69, 9.17) is 5.11 Å². The first-order valence-electron chi connectivity index (χ1n) is 5.65. The Labute approximate surface area is 109 Å². The van der Waals surface area contributed by atoms with Crippen molar-refractivity contribution in [2.24, 2.45) is 0 Å². The molecule has 0 heterocycles. The van der Waals surface area contributed by atoms with Crippen LogP contribution in [0.4, 0.5) is 5.69 Å². The number of hydrogen-bond acceptors (Lipinski definition) is 4. The highest BCUT2D eigenvalue weighted by molar-refractivity contribution is 5.98. The number of amides is 1. The van der Waals surface area contributed by atoms with Crippen LogP contribution >= 0.6 is 0 Å². The van der Waals surface area contributed by atoms with E-state index < -0.39 is 22.8 Å². The van der Waals surface area contributed by atoms with Crippen LogP contribution in [0.2, 0.25) is 0 Å². The van der Waals surface area contributed by atoms with Gasteiger partial charge in [0.2, 0.25) is 0 Å². The largest absolute Gasteiger partial charge is 0.480 e. The van der Waals surface area contributed by atoms with E-state index in [9.17, 15) is 19.7 Å². The molecule has 0 unspecified atom stereocenters. The van der Waals surface area contributed by atoms with E-state index in [1.165, 1.54) is 12.1 Å². The van der Waals surface area contributed by atoms with Gasteiger partial charge < -0.3 is 10.4 Å². The number of carboxylic acid groups (broad SMARTS) is 1. The van der Waals surface area contributed by atoms with Crippen molar-refractivity contribution < 1.29 is 19.6 Å². The summed E-state index contributed by atoms with van der Waals surface area (Å²) < 4.78 is 0. The third kappa shape index (κ3) is 3.51. The number of nitrogens with zero attached hydrogens (tertiary/aromatic N) is 1. The minimum atomic E-state index is -1.14. The molecule has 2 N–H and O–H groups in total. The fourth-order valence-electron chi connectivity index (χ4n) is 1.54. The van der Waals surface area contributed by atoms with Crippen LogP contribution in [0, 0.1) is 17.0 Å². The Morgan fingerprint density at radius 2 is 2.11 bits per heavy atom. The number of carbonyl (C=O) groups is 2. The van der Waals surface area contributed by atoms with E-state index in [1.807, 2.05) is 0 Å². The van der Waals surface area contributed by atoms with Gasteiger partial charge in [-0.3, -0.25) is 14.9 Å². The van der Waals surface area contributed by atoms with Crippen LogP contribution in [-0.2, 0) is 4.79 Å². The molecule has 7 nitrogen and oxygen atoms in total. The first kappa shape index (κ1) is 14.6. The highest BCUT2D eigenvalue weighted by Crippen LogP contribution is 2.17. The van der Waals surface area contributed by atoms with Crippen molar-refractivity contribution in [2.45, 2.75) is 26.3 Å². The average molecular weight is 266 g/mol. The number of rotatable bonds is 5. The van der Waals surface area contributed by atoms with Crippen molar-refractivity contribution in [1.29, 1.82) is 0 Å². The molecule has 1 aromatic carbocycles. The summed E-state index contributed by atoms with van der Waals surface area (Å²) >= 11 is 0. The zero-order valence-electron chi connectivity index (χ0n) is 10.5. The standard InChI is InChI=1S/C12H14N2O5/c1-3-10(12(16)17)13-11(15)9-6-8(14(18)19)5-4-7(9)2/h4-6,10H,3H2,1-2H3,(H,13,15)(H,16,17)/t10-/m0/s1. The van der Waals surface area contributed by atoms with E-state index >= 15 is 0 Å². The molecule has 1 amide bonds. The average Bonchev–Trinajstić information content (AvgIpc) is 2.35. The summed E-state index contributed by atoms with van der Waals surface area (Å²) in [5.74, 6) is -1.77. The van der Waals surface area contributed by atoms with E-state index in [0.717, 1.165) is 6.07 Å². The Bertz CT molecular complexity index is 527. The lowest BCUT2D eigenvalue weighted by Crippen LogP contribution is -2.40. The number of nitro benzene ring substituents is 1. The van der Waals surface area contributed by atoms with E-state index in [1.54, 1.807) is 13.8 Å². The second kappa shape index (κ2) is 5.94. The number of nitrogens with one attached hydrogen (secondary N) is 1. The van der Waals surface area contributed by atoms with E-state index in [-0.39, 0.29) is 17.7 Å². The highest BCUT2D eigenvalue weighted by Gasteiger charge is 2.21. The molecule has 1 atom stereocenters. The molecule has 102 valence electrons. The van der Waals surface area contributed by atoms with Crippen LogP contribution in [-0.4, -0.2) is 27.9 Å². The lowest BCUT2D eigenvalue weighted by molar-refractivity contribution is -0.384. The summed E-state index contributed by atoms with van der Waals surface area (Å²) in [6.45, 7) is 3.25. The quantitative estimate of drug-likeness (QED) is 0.619. The van der Waals surface area contributed by atoms with Crippen molar-refractivity contribution in [2.75, 3.05) is 0 Å². The molecule has 7 heteroatoms. The summed E-state index contributed by atoms with van der Waals surface area (Å²) in [5.41, 5.74) is 0.441. The molecular weight excluding hydrogens is 252 g/mol. The van der Waals surface area contributed by atoms with Gasteiger partial charge in [0.25, 0.3) is 11.6 Å². The minimum absolute atomic E-state index is 0.105. The second-order valence-corrected chi connectivity index (χ2v) is 4.03. The number of benzene rings is 1. The Morgan fingerprint density at radius 3 is 2.58 bits per heavy atom. The van der Waals surface area contributed by atoms with Crippen molar-refractivity contribution in [1.82, 2.24) is 5.32 Å². The predicted octanol–water partition coefficient (Wildman–Crippen LogP) is 1.50. The molecule has 0 aliphatic carbocycles. The van der Waals surface area contributed by atoms with Crippen LogP contribution in [0.5, 0.6) is 0 Å². The normalized spacial score (nSPS) is 11.7. The van der Waals surface area contributed by atoms with Gasteiger partial charge in [-0.2, -0.15) is 0 Å². The van der Waals surface area contributed by atoms with Crippen molar-refractivity contribution in [3.8, 4) is 0 Å². The van der Waals surface area contributed by atoms with Gasteiger partial charge >= 0.3 is 5.97 Å². The van der Waals surface area contributed by atoms with Gasteiger partial charge in [0.1, 0.15) is 6.04 Å². The Hall–Kier alpha value is -2.44. The molecule has 0 aliphatic rings. The Morgan fingerprint density at radius 1 is 1.47 bits per heavy atom. The lowest BCUT2D eigenvalue weighted by atomic mass is 10.1. The van der Waals surface area contributed by atoms with Crippen LogP contribution in [0.25, 0.3) is 0 Å². The van der Waals surface area contributed by atoms with Gasteiger partial charge in [-0.15, -0.1) is 0 Å². The highest BCUT2D eigenvalue weighted by atomic mass is 16.6. The number of carbonyl (C=O) groups excluding carboxylic acids is 1. The fraction of sp³-hybridized carbons (Fsp3) is 0.333. The molecule has 0 aliphatic heterocycles. The number of nitro groups is 1. The minimum Gasteiger partial charge on any atom is -0.480 e. The SMILES string of the molecule is CC[C@H](NC(=O)c1cc([N+](=O)[O-])ccc1C)C(=O)O. The molecule has 0 spiro atoms. The van der Waals surface area contributed by atoms with Gasteiger partial charge in [0, 0.05) is 17.7 Å². The smallest absolute Gasteiger partial charge is 0.326 e. The third-order valence-electron chi connectivity index (χ3n) is 2.69. The molecule has 0 fully saturated rings. The van der Waals surface area contributed by atoms with Crippen LogP contribution in [0.15, 0.2) is 18.2 Å². The van der Waals surface area contributed by atoms with Crippen molar-refractivity contribution in [3.05, 3.63) is 39.4 Å². The summed E-state index contributed by atoms with van der Waals surface area (Å²) in [7, 11) is 0. The topological polar surface area (TPSA) is 110 Å².